The Balaban J connectivity index is 2.75. The van der Waals surface area contributed by atoms with Crippen molar-refractivity contribution in [1.82, 2.24) is 4.90 Å². The molecule has 0 saturated carbocycles. The van der Waals surface area contributed by atoms with Crippen molar-refractivity contribution in [2.24, 2.45) is 11.1 Å². The summed E-state index contributed by atoms with van der Waals surface area (Å²) in [6, 6.07) is 3.57. The monoisotopic (exact) mass is 270 g/mol. The fraction of sp³-hybridized carbons (Fsp3) is 0.500. The molecule has 1 aromatic rings. The number of carbonyl (C=O) groups excluding carboxylic acids is 1. The van der Waals surface area contributed by atoms with Gasteiger partial charge < -0.3 is 10.6 Å². The molecule has 1 rings (SSSR count). The van der Waals surface area contributed by atoms with Gasteiger partial charge in [0.25, 0.3) is 0 Å². The summed E-state index contributed by atoms with van der Waals surface area (Å²) in [7, 11) is 1.61. The number of hydrogen-bond acceptors (Lipinski definition) is 2. The van der Waals surface area contributed by atoms with E-state index in [1.807, 2.05) is 13.8 Å². The maximum Gasteiger partial charge on any atom is 0.226 e. The highest BCUT2D eigenvalue weighted by molar-refractivity contribution is 5.78. The molecule has 0 aliphatic carbocycles. The second kappa shape index (κ2) is 6.10. The second-order valence-corrected chi connectivity index (χ2v) is 5.50. The minimum absolute atomic E-state index is 0.190. The average Bonchev–Trinajstić information content (AvgIpc) is 2.33. The van der Waals surface area contributed by atoms with Crippen molar-refractivity contribution < 1.29 is 13.6 Å². The maximum atomic E-state index is 13.4. The topological polar surface area (TPSA) is 46.3 Å². The first-order chi connectivity index (χ1) is 8.76. The Bertz CT molecular complexity index is 441. The van der Waals surface area contributed by atoms with Crippen molar-refractivity contribution in [3.8, 4) is 0 Å². The van der Waals surface area contributed by atoms with Gasteiger partial charge in [-0.3, -0.25) is 4.79 Å². The molecule has 0 saturated heterocycles. The Labute approximate surface area is 112 Å². The number of benzene rings is 1. The molecule has 106 valence electrons. The van der Waals surface area contributed by atoms with Gasteiger partial charge in [-0.2, -0.15) is 0 Å². The quantitative estimate of drug-likeness (QED) is 0.889. The summed E-state index contributed by atoms with van der Waals surface area (Å²) in [5, 5.41) is 0. The van der Waals surface area contributed by atoms with E-state index in [4.69, 9.17) is 5.73 Å². The van der Waals surface area contributed by atoms with Gasteiger partial charge in [0.05, 0.1) is 6.42 Å². The predicted molar refractivity (Wildman–Crippen MR) is 70.5 cm³/mol. The lowest BCUT2D eigenvalue weighted by atomic mass is 9.93. The van der Waals surface area contributed by atoms with Crippen LogP contribution in [-0.2, 0) is 11.2 Å². The molecule has 0 aromatic heterocycles. The first-order valence-electron chi connectivity index (χ1n) is 6.14. The number of carbonyl (C=O) groups is 1. The van der Waals surface area contributed by atoms with Crippen molar-refractivity contribution in [2.45, 2.75) is 20.3 Å². The summed E-state index contributed by atoms with van der Waals surface area (Å²) in [6.45, 7) is 4.73. The molecule has 0 fully saturated rings. The van der Waals surface area contributed by atoms with Crippen LogP contribution in [0.2, 0.25) is 0 Å². The Hall–Kier alpha value is -1.49. The predicted octanol–water partition coefficient (Wildman–Crippen LogP) is 1.95. The highest BCUT2D eigenvalue weighted by atomic mass is 19.1. The van der Waals surface area contributed by atoms with E-state index in [1.165, 1.54) is 11.0 Å². The molecule has 0 aliphatic heterocycles. The van der Waals surface area contributed by atoms with Crippen LogP contribution in [0.3, 0.4) is 0 Å². The number of hydrogen-bond donors (Lipinski definition) is 1. The molecule has 0 bridgehead atoms. The smallest absolute Gasteiger partial charge is 0.226 e. The van der Waals surface area contributed by atoms with Crippen molar-refractivity contribution in [1.29, 1.82) is 0 Å². The third-order valence-corrected chi connectivity index (χ3v) is 3.03. The zero-order chi connectivity index (χ0) is 14.6. The number of amides is 1. The lowest BCUT2D eigenvalue weighted by Crippen LogP contribution is -2.40. The largest absolute Gasteiger partial charge is 0.345 e. The minimum atomic E-state index is -0.695. The Morgan fingerprint density at radius 1 is 1.32 bits per heavy atom. The summed E-state index contributed by atoms with van der Waals surface area (Å²) >= 11 is 0. The van der Waals surface area contributed by atoms with Crippen LogP contribution in [0.25, 0.3) is 0 Å². The fourth-order valence-electron chi connectivity index (χ4n) is 1.78. The summed E-state index contributed by atoms with van der Waals surface area (Å²) in [6.07, 6.45) is -0.282. The van der Waals surface area contributed by atoms with Crippen LogP contribution in [-0.4, -0.2) is 30.9 Å². The highest BCUT2D eigenvalue weighted by Gasteiger charge is 2.22. The van der Waals surface area contributed by atoms with E-state index in [-0.39, 0.29) is 23.3 Å². The van der Waals surface area contributed by atoms with E-state index in [0.717, 1.165) is 12.1 Å². The number of likely N-dealkylation sites (N-methyl/N-ethyl adjacent to an activating group) is 1. The van der Waals surface area contributed by atoms with Gasteiger partial charge in [-0.1, -0.05) is 19.9 Å². The van der Waals surface area contributed by atoms with Gasteiger partial charge in [0.15, 0.2) is 0 Å². The summed E-state index contributed by atoms with van der Waals surface area (Å²) in [4.78, 5) is 13.4. The lowest BCUT2D eigenvalue weighted by Gasteiger charge is -2.29. The van der Waals surface area contributed by atoms with Crippen LogP contribution in [0.15, 0.2) is 18.2 Å². The van der Waals surface area contributed by atoms with Gasteiger partial charge in [-0.15, -0.1) is 0 Å². The van der Waals surface area contributed by atoms with Crippen molar-refractivity contribution >= 4 is 5.91 Å². The zero-order valence-electron chi connectivity index (χ0n) is 11.5. The van der Waals surface area contributed by atoms with Crippen LogP contribution >= 0.6 is 0 Å². The number of halogens is 2. The van der Waals surface area contributed by atoms with E-state index in [0.29, 0.717) is 13.1 Å². The molecule has 0 radical (unpaired) electrons. The molecule has 2 N–H and O–H groups in total. The Morgan fingerprint density at radius 3 is 2.32 bits per heavy atom. The number of nitrogens with zero attached hydrogens (tertiary/aromatic N) is 1. The van der Waals surface area contributed by atoms with Crippen LogP contribution in [0, 0.1) is 17.0 Å². The molecule has 19 heavy (non-hydrogen) atoms. The standard InChI is InChI=1S/C14H20F2N2O/c1-14(2,8-17)9-18(3)13(19)7-10-11(15)5-4-6-12(10)16/h4-6H,7-9,17H2,1-3H3. The minimum Gasteiger partial charge on any atom is -0.345 e. The average molecular weight is 270 g/mol. The Morgan fingerprint density at radius 2 is 1.84 bits per heavy atom. The van der Waals surface area contributed by atoms with E-state index in [2.05, 4.69) is 0 Å². The molecule has 0 atom stereocenters. The molecule has 1 amide bonds. The highest BCUT2D eigenvalue weighted by Crippen LogP contribution is 2.17. The van der Waals surface area contributed by atoms with Crippen molar-refractivity contribution in [2.75, 3.05) is 20.1 Å². The van der Waals surface area contributed by atoms with Gasteiger partial charge in [0.1, 0.15) is 11.6 Å². The van der Waals surface area contributed by atoms with Crippen LogP contribution in [0.5, 0.6) is 0 Å². The number of rotatable bonds is 5. The molecule has 0 heterocycles. The molecular formula is C14H20F2N2O. The Kier molecular flexibility index (Phi) is 5.00. The first kappa shape index (κ1) is 15.6. The lowest BCUT2D eigenvalue weighted by molar-refractivity contribution is -0.130. The van der Waals surface area contributed by atoms with Crippen LogP contribution in [0.4, 0.5) is 8.78 Å². The summed E-state index contributed by atoms with van der Waals surface area (Å²) < 4.78 is 26.9. The van der Waals surface area contributed by atoms with Gasteiger partial charge in [-0.05, 0) is 24.1 Å². The fourth-order valence-corrected chi connectivity index (χ4v) is 1.78. The molecule has 0 unspecified atom stereocenters. The van der Waals surface area contributed by atoms with Crippen LogP contribution in [0.1, 0.15) is 19.4 Å². The summed E-state index contributed by atoms with van der Waals surface area (Å²) in [5.74, 6) is -1.72. The third kappa shape index (κ3) is 4.28. The first-order valence-corrected chi connectivity index (χ1v) is 6.14. The molecule has 3 nitrogen and oxygen atoms in total. The van der Waals surface area contributed by atoms with E-state index in [9.17, 15) is 13.6 Å². The maximum absolute atomic E-state index is 13.4. The summed E-state index contributed by atoms with van der Waals surface area (Å²) in [5.41, 5.74) is 5.18. The zero-order valence-corrected chi connectivity index (χ0v) is 11.5. The molecular weight excluding hydrogens is 250 g/mol. The van der Waals surface area contributed by atoms with Crippen molar-refractivity contribution in [3.05, 3.63) is 35.4 Å². The third-order valence-electron chi connectivity index (χ3n) is 3.03. The molecule has 1 aromatic carbocycles. The van der Waals surface area contributed by atoms with Gasteiger partial charge >= 0.3 is 0 Å². The van der Waals surface area contributed by atoms with Gasteiger partial charge in [-0.25, -0.2) is 8.78 Å². The molecule has 5 heteroatoms. The van der Waals surface area contributed by atoms with Gasteiger partial charge in [0.2, 0.25) is 5.91 Å². The van der Waals surface area contributed by atoms with Gasteiger partial charge in [0, 0.05) is 19.2 Å². The van der Waals surface area contributed by atoms with E-state index >= 15 is 0 Å². The van der Waals surface area contributed by atoms with Crippen LogP contribution < -0.4 is 5.73 Å². The van der Waals surface area contributed by atoms with E-state index < -0.39 is 11.6 Å². The normalized spacial score (nSPS) is 11.5. The molecule has 0 spiro atoms. The SMILES string of the molecule is CN(CC(C)(C)CN)C(=O)Cc1c(F)cccc1F. The molecule has 0 aliphatic rings. The number of nitrogens with two attached hydrogens (primary N) is 1. The second-order valence-electron chi connectivity index (χ2n) is 5.50. The van der Waals surface area contributed by atoms with E-state index in [1.54, 1.807) is 7.05 Å². The van der Waals surface area contributed by atoms with Crippen molar-refractivity contribution in [3.63, 3.8) is 0 Å².